The topological polar surface area (TPSA) is 62.1 Å². The first-order valence-electron chi connectivity index (χ1n) is 6.52. The summed E-state index contributed by atoms with van der Waals surface area (Å²) in [7, 11) is 1.39. The maximum Gasteiger partial charge on any atom is 0.310 e. The summed E-state index contributed by atoms with van der Waals surface area (Å²) in [6.45, 7) is 2.55. The number of rotatable bonds is 5. The monoisotopic (exact) mass is 300 g/mol. The molecule has 0 saturated heterocycles. The maximum atomic E-state index is 11.2. The number of nitriles is 1. The van der Waals surface area contributed by atoms with Gasteiger partial charge in [0.2, 0.25) is 0 Å². The van der Waals surface area contributed by atoms with Crippen LogP contribution in [0.25, 0.3) is 0 Å². The van der Waals surface area contributed by atoms with Gasteiger partial charge in [-0.3, -0.25) is 4.79 Å². The van der Waals surface area contributed by atoms with Gasteiger partial charge in [-0.2, -0.15) is 5.26 Å². The van der Waals surface area contributed by atoms with E-state index in [0.29, 0.717) is 18.5 Å². The molecule has 0 atom stereocenters. The molecule has 1 N–H and O–H groups in total. The van der Waals surface area contributed by atoms with Gasteiger partial charge in [-0.1, -0.05) is 12.1 Å². The normalized spacial score (nSPS) is 9.95. The van der Waals surface area contributed by atoms with Crippen molar-refractivity contribution < 1.29 is 9.53 Å². The van der Waals surface area contributed by atoms with E-state index >= 15 is 0 Å². The lowest BCUT2D eigenvalue weighted by Crippen LogP contribution is -2.02. The van der Waals surface area contributed by atoms with Crippen LogP contribution in [0.5, 0.6) is 0 Å². The predicted octanol–water partition coefficient (Wildman–Crippen LogP) is 3.26. The van der Waals surface area contributed by atoms with Gasteiger partial charge in [0.1, 0.15) is 6.07 Å². The lowest BCUT2D eigenvalue weighted by molar-refractivity contribution is -0.139. The molecule has 0 saturated carbocycles. The first-order chi connectivity index (χ1) is 10.1. The van der Waals surface area contributed by atoms with Crippen molar-refractivity contribution in [1.82, 2.24) is 0 Å². The standard InChI is InChI=1S/C16H16N2O2S/c1-11-4-3-5-15(14(11)9-17)18-10-13-7-6-12(21-13)8-16(19)20-2/h3-7,18H,8,10H2,1-2H3. The highest BCUT2D eigenvalue weighted by Gasteiger charge is 2.08. The number of hydrogen-bond acceptors (Lipinski definition) is 5. The van der Waals surface area contributed by atoms with Crippen molar-refractivity contribution >= 4 is 23.0 Å². The van der Waals surface area contributed by atoms with Gasteiger partial charge in [0.15, 0.2) is 0 Å². The van der Waals surface area contributed by atoms with Gasteiger partial charge in [-0.25, -0.2) is 0 Å². The number of methoxy groups -OCH3 is 1. The highest BCUT2D eigenvalue weighted by atomic mass is 32.1. The van der Waals surface area contributed by atoms with Crippen LogP contribution < -0.4 is 5.32 Å². The molecule has 1 heterocycles. The first kappa shape index (κ1) is 15.1. The van der Waals surface area contributed by atoms with E-state index < -0.39 is 0 Å². The predicted molar refractivity (Wildman–Crippen MR) is 83.3 cm³/mol. The van der Waals surface area contributed by atoms with Gasteiger partial charge in [-0.15, -0.1) is 11.3 Å². The summed E-state index contributed by atoms with van der Waals surface area (Å²) < 4.78 is 4.65. The van der Waals surface area contributed by atoms with Crippen LogP contribution in [0.1, 0.15) is 20.9 Å². The molecule has 1 aromatic heterocycles. The van der Waals surface area contributed by atoms with Crippen LogP contribution in [0.3, 0.4) is 0 Å². The summed E-state index contributed by atoms with van der Waals surface area (Å²) in [6, 6.07) is 11.9. The van der Waals surface area contributed by atoms with Crippen LogP contribution in [0.4, 0.5) is 5.69 Å². The molecule has 0 amide bonds. The first-order valence-corrected chi connectivity index (χ1v) is 7.33. The van der Waals surface area contributed by atoms with Crippen molar-refractivity contribution in [2.24, 2.45) is 0 Å². The molecule has 1 aromatic carbocycles. The minimum absolute atomic E-state index is 0.234. The van der Waals surface area contributed by atoms with E-state index in [9.17, 15) is 10.1 Å². The molecule has 0 spiro atoms. The Morgan fingerprint density at radius 3 is 2.81 bits per heavy atom. The highest BCUT2D eigenvalue weighted by molar-refractivity contribution is 7.12. The average Bonchev–Trinajstić information content (AvgIpc) is 2.92. The molecule has 2 aromatic rings. The Bertz CT molecular complexity index is 686. The van der Waals surface area contributed by atoms with E-state index in [0.717, 1.165) is 21.0 Å². The lowest BCUT2D eigenvalue weighted by Gasteiger charge is -2.08. The summed E-state index contributed by atoms with van der Waals surface area (Å²) in [5.74, 6) is -0.234. The Morgan fingerprint density at radius 1 is 1.33 bits per heavy atom. The van der Waals surface area contributed by atoms with Crippen molar-refractivity contribution in [2.45, 2.75) is 19.9 Å². The third kappa shape index (κ3) is 3.83. The minimum atomic E-state index is -0.234. The Labute approximate surface area is 128 Å². The van der Waals surface area contributed by atoms with Crippen LogP contribution in [-0.4, -0.2) is 13.1 Å². The van der Waals surface area contributed by atoms with Crippen molar-refractivity contribution in [2.75, 3.05) is 12.4 Å². The molecule has 4 nitrogen and oxygen atoms in total. The van der Waals surface area contributed by atoms with Gasteiger partial charge in [0, 0.05) is 16.3 Å². The van der Waals surface area contributed by atoms with Crippen LogP contribution in [-0.2, 0) is 22.5 Å². The zero-order valence-electron chi connectivity index (χ0n) is 12.0. The molecular weight excluding hydrogens is 284 g/mol. The summed E-state index contributed by atoms with van der Waals surface area (Å²) >= 11 is 1.57. The molecule has 0 aliphatic carbocycles. The SMILES string of the molecule is COC(=O)Cc1ccc(CNc2cccc(C)c2C#N)s1. The summed E-state index contributed by atoms with van der Waals surface area (Å²) in [4.78, 5) is 13.3. The molecule has 0 aliphatic heterocycles. The highest BCUT2D eigenvalue weighted by Crippen LogP contribution is 2.22. The number of nitrogens with zero attached hydrogens (tertiary/aromatic N) is 1. The number of hydrogen-bond donors (Lipinski definition) is 1. The molecule has 0 fully saturated rings. The minimum Gasteiger partial charge on any atom is -0.469 e. The van der Waals surface area contributed by atoms with Crippen LogP contribution >= 0.6 is 11.3 Å². The fourth-order valence-electron chi connectivity index (χ4n) is 1.97. The molecule has 2 rings (SSSR count). The van der Waals surface area contributed by atoms with Crippen molar-refractivity contribution in [3.8, 4) is 6.07 Å². The second kappa shape index (κ2) is 6.91. The van der Waals surface area contributed by atoms with E-state index in [1.165, 1.54) is 7.11 Å². The molecule has 5 heteroatoms. The van der Waals surface area contributed by atoms with E-state index in [1.807, 2.05) is 37.3 Å². The molecule has 0 aliphatic rings. The lowest BCUT2D eigenvalue weighted by atomic mass is 10.1. The molecular formula is C16H16N2O2S. The maximum absolute atomic E-state index is 11.2. The van der Waals surface area contributed by atoms with E-state index in [-0.39, 0.29) is 5.97 Å². The van der Waals surface area contributed by atoms with Crippen LogP contribution in [0, 0.1) is 18.3 Å². The van der Waals surface area contributed by atoms with Crippen LogP contribution in [0.15, 0.2) is 30.3 Å². The Hall–Kier alpha value is -2.32. The number of carbonyl (C=O) groups excluding carboxylic acids is 1. The van der Waals surface area contributed by atoms with Crippen molar-refractivity contribution in [3.63, 3.8) is 0 Å². The summed E-state index contributed by atoms with van der Waals surface area (Å²) in [5.41, 5.74) is 2.46. The van der Waals surface area contributed by atoms with Crippen molar-refractivity contribution in [3.05, 3.63) is 51.2 Å². The van der Waals surface area contributed by atoms with Crippen LogP contribution in [0.2, 0.25) is 0 Å². The third-order valence-corrected chi connectivity index (χ3v) is 4.19. The number of nitrogens with one attached hydrogen (secondary N) is 1. The zero-order chi connectivity index (χ0) is 15.2. The number of benzene rings is 1. The fourth-order valence-corrected chi connectivity index (χ4v) is 2.92. The molecule has 0 radical (unpaired) electrons. The second-order valence-electron chi connectivity index (χ2n) is 4.58. The molecule has 108 valence electrons. The Balaban J connectivity index is 2.03. The molecule has 21 heavy (non-hydrogen) atoms. The summed E-state index contributed by atoms with van der Waals surface area (Å²) in [6.07, 6.45) is 0.301. The number of thiophene rings is 1. The van der Waals surface area contributed by atoms with Gasteiger partial charge < -0.3 is 10.1 Å². The number of carbonyl (C=O) groups is 1. The quantitative estimate of drug-likeness (QED) is 0.861. The Morgan fingerprint density at radius 2 is 2.10 bits per heavy atom. The van der Waals surface area contributed by atoms with E-state index in [4.69, 9.17) is 0 Å². The number of ether oxygens (including phenoxy) is 1. The number of esters is 1. The van der Waals surface area contributed by atoms with Gasteiger partial charge in [0.05, 0.1) is 24.8 Å². The number of aryl methyl sites for hydroxylation is 1. The fraction of sp³-hybridized carbons (Fsp3) is 0.250. The van der Waals surface area contributed by atoms with Gasteiger partial charge >= 0.3 is 5.97 Å². The smallest absolute Gasteiger partial charge is 0.310 e. The number of anilines is 1. The Kier molecular flexibility index (Phi) is 4.96. The van der Waals surface area contributed by atoms with Gasteiger partial charge in [0.25, 0.3) is 0 Å². The van der Waals surface area contributed by atoms with Gasteiger partial charge in [-0.05, 0) is 30.7 Å². The van der Waals surface area contributed by atoms with E-state index in [2.05, 4.69) is 16.1 Å². The van der Waals surface area contributed by atoms with Crippen molar-refractivity contribution in [1.29, 1.82) is 5.26 Å². The second-order valence-corrected chi connectivity index (χ2v) is 5.84. The van der Waals surface area contributed by atoms with E-state index in [1.54, 1.807) is 11.3 Å². The average molecular weight is 300 g/mol. The molecule has 0 unspecified atom stereocenters. The zero-order valence-corrected chi connectivity index (χ0v) is 12.8. The molecule has 0 bridgehead atoms. The summed E-state index contributed by atoms with van der Waals surface area (Å²) in [5, 5.41) is 12.5. The third-order valence-electron chi connectivity index (χ3n) is 3.10. The largest absolute Gasteiger partial charge is 0.469 e.